The number of nitrogens with one attached hydrogen (secondary N) is 2. The molecule has 3 amide bonds. The van der Waals surface area contributed by atoms with Crippen LogP contribution in [-0.4, -0.2) is 40.8 Å². The van der Waals surface area contributed by atoms with E-state index in [2.05, 4.69) is 22.3 Å². The van der Waals surface area contributed by atoms with Gasteiger partial charge in [-0.15, -0.1) is 6.58 Å². The molecule has 1 fully saturated rings. The van der Waals surface area contributed by atoms with Gasteiger partial charge in [0.15, 0.2) is 12.3 Å². The minimum Gasteiger partial charge on any atom is -0.451 e. The van der Waals surface area contributed by atoms with E-state index in [1.54, 1.807) is 6.07 Å². The first-order valence-electron chi connectivity index (χ1n) is 8.59. The highest BCUT2D eigenvalue weighted by molar-refractivity contribution is 5.96. The van der Waals surface area contributed by atoms with Crippen molar-refractivity contribution in [3.8, 4) is 5.69 Å². The van der Waals surface area contributed by atoms with E-state index in [1.807, 2.05) is 30.3 Å². The average molecular weight is 368 g/mol. The lowest BCUT2D eigenvalue weighted by molar-refractivity contribution is -0.123. The van der Waals surface area contributed by atoms with E-state index in [4.69, 9.17) is 4.74 Å². The predicted molar refractivity (Wildman–Crippen MR) is 97.6 cm³/mol. The van der Waals surface area contributed by atoms with Gasteiger partial charge in [0.05, 0.1) is 11.4 Å². The first-order valence-corrected chi connectivity index (χ1v) is 8.59. The summed E-state index contributed by atoms with van der Waals surface area (Å²) in [5, 5.41) is 8.97. The number of ether oxygens (including phenoxy) is 1. The van der Waals surface area contributed by atoms with Crippen LogP contribution in [0.15, 0.2) is 49.1 Å². The fraction of sp³-hybridized carbons (Fsp3) is 0.263. The second kappa shape index (κ2) is 8.31. The molecule has 0 bridgehead atoms. The van der Waals surface area contributed by atoms with E-state index < -0.39 is 24.5 Å². The van der Waals surface area contributed by atoms with E-state index in [0.717, 1.165) is 24.2 Å². The SMILES string of the molecule is C=CCNC(=O)NC(=O)COC(=O)c1cc(C2CC2)nn1-c1ccccc1. The van der Waals surface area contributed by atoms with E-state index in [1.165, 1.54) is 10.8 Å². The molecule has 1 aliphatic carbocycles. The molecule has 0 aliphatic heterocycles. The number of nitrogens with zero attached hydrogens (tertiary/aromatic N) is 2. The zero-order chi connectivity index (χ0) is 19.2. The smallest absolute Gasteiger partial charge is 0.357 e. The van der Waals surface area contributed by atoms with Gasteiger partial charge in [0.2, 0.25) is 0 Å². The summed E-state index contributed by atoms with van der Waals surface area (Å²) in [6, 6.07) is 10.2. The standard InChI is InChI=1S/C19H20N4O4/c1-2-10-20-19(26)21-17(24)12-27-18(25)16-11-15(13-8-9-13)22-23(16)14-6-4-3-5-7-14/h2-7,11,13H,1,8-10,12H2,(H2,20,21,24,26). The highest BCUT2D eigenvalue weighted by atomic mass is 16.5. The average Bonchev–Trinajstić information content (AvgIpc) is 3.43. The number of aromatic nitrogens is 2. The molecule has 0 saturated heterocycles. The molecule has 8 heteroatoms. The molecule has 2 N–H and O–H groups in total. The van der Waals surface area contributed by atoms with Crippen LogP contribution in [-0.2, 0) is 9.53 Å². The second-order valence-corrected chi connectivity index (χ2v) is 6.10. The highest BCUT2D eigenvalue weighted by Gasteiger charge is 2.29. The molecule has 0 unspecified atom stereocenters. The van der Waals surface area contributed by atoms with Crippen LogP contribution < -0.4 is 10.6 Å². The topological polar surface area (TPSA) is 102 Å². The molecule has 8 nitrogen and oxygen atoms in total. The molecular weight excluding hydrogens is 348 g/mol. The van der Waals surface area contributed by atoms with Gasteiger partial charge in [-0.2, -0.15) is 5.10 Å². The number of benzene rings is 1. The molecule has 1 aromatic carbocycles. The van der Waals surface area contributed by atoms with Crippen molar-refractivity contribution < 1.29 is 19.1 Å². The first kappa shape index (κ1) is 18.4. The van der Waals surface area contributed by atoms with Crippen LogP contribution >= 0.6 is 0 Å². The molecule has 1 aliphatic rings. The normalized spacial score (nSPS) is 12.9. The Morgan fingerprint density at radius 3 is 2.67 bits per heavy atom. The van der Waals surface area contributed by atoms with Crippen LogP contribution in [0.4, 0.5) is 4.79 Å². The lowest BCUT2D eigenvalue weighted by atomic mass is 10.2. The summed E-state index contributed by atoms with van der Waals surface area (Å²) in [5.74, 6) is -1.05. The van der Waals surface area contributed by atoms with E-state index in [9.17, 15) is 14.4 Å². The van der Waals surface area contributed by atoms with E-state index in [0.29, 0.717) is 5.92 Å². The van der Waals surface area contributed by atoms with E-state index in [-0.39, 0.29) is 12.2 Å². The number of rotatable bonds is 7. The van der Waals surface area contributed by atoms with Crippen molar-refractivity contribution in [1.82, 2.24) is 20.4 Å². The summed E-state index contributed by atoms with van der Waals surface area (Å²) in [7, 11) is 0. The van der Waals surface area contributed by atoms with Crippen molar-refractivity contribution in [1.29, 1.82) is 0 Å². The van der Waals surface area contributed by atoms with Crippen LogP contribution in [0, 0.1) is 0 Å². The number of amides is 3. The van der Waals surface area contributed by atoms with Crippen molar-refractivity contribution >= 4 is 17.9 Å². The molecule has 0 atom stereocenters. The molecule has 1 aromatic heterocycles. The number of carbonyl (C=O) groups is 3. The number of urea groups is 1. The van der Waals surface area contributed by atoms with Gasteiger partial charge in [0.1, 0.15) is 0 Å². The van der Waals surface area contributed by atoms with Gasteiger partial charge in [0, 0.05) is 12.5 Å². The Bertz CT molecular complexity index is 856. The zero-order valence-corrected chi connectivity index (χ0v) is 14.7. The Balaban J connectivity index is 1.66. The third-order valence-corrected chi connectivity index (χ3v) is 3.93. The quantitative estimate of drug-likeness (QED) is 0.574. The molecule has 1 heterocycles. The van der Waals surface area contributed by atoms with Crippen LogP contribution in [0.1, 0.15) is 34.9 Å². The molecule has 0 spiro atoms. The number of esters is 1. The van der Waals surface area contributed by atoms with Crippen molar-refractivity contribution in [2.75, 3.05) is 13.2 Å². The summed E-state index contributed by atoms with van der Waals surface area (Å²) >= 11 is 0. The third-order valence-electron chi connectivity index (χ3n) is 3.93. The zero-order valence-electron chi connectivity index (χ0n) is 14.7. The lowest BCUT2D eigenvalue weighted by Crippen LogP contribution is -2.41. The molecule has 140 valence electrons. The highest BCUT2D eigenvalue weighted by Crippen LogP contribution is 2.39. The molecule has 3 rings (SSSR count). The summed E-state index contributed by atoms with van der Waals surface area (Å²) in [4.78, 5) is 35.6. The van der Waals surface area contributed by atoms with Crippen molar-refractivity contribution in [2.45, 2.75) is 18.8 Å². The van der Waals surface area contributed by atoms with Gasteiger partial charge in [-0.1, -0.05) is 24.3 Å². The molecular formula is C19H20N4O4. The van der Waals surface area contributed by atoms with Gasteiger partial charge in [-0.05, 0) is 31.0 Å². The monoisotopic (exact) mass is 368 g/mol. The summed E-state index contributed by atoms with van der Waals surface area (Å²) in [6.45, 7) is 3.10. The Labute approximate surface area is 156 Å². The van der Waals surface area contributed by atoms with Crippen molar-refractivity contribution in [2.24, 2.45) is 0 Å². The predicted octanol–water partition coefficient (Wildman–Crippen LogP) is 1.92. The maximum Gasteiger partial charge on any atom is 0.357 e. The minimum absolute atomic E-state index is 0.221. The molecule has 2 aromatic rings. The fourth-order valence-electron chi connectivity index (χ4n) is 2.47. The van der Waals surface area contributed by atoms with Gasteiger partial charge in [-0.25, -0.2) is 14.3 Å². The summed E-state index contributed by atoms with van der Waals surface area (Å²) in [6.07, 6.45) is 3.57. The Kier molecular flexibility index (Phi) is 5.65. The third kappa shape index (κ3) is 4.81. The number of hydrogen-bond donors (Lipinski definition) is 2. The van der Waals surface area contributed by atoms with Gasteiger partial charge >= 0.3 is 12.0 Å². The summed E-state index contributed by atoms with van der Waals surface area (Å²) in [5.41, 5.74) is 1.80. The molecule has 0 radical (unpaired) electrons. The number of para-hydroxylation sites is 1. The van der Waals surface area contributed by atoms with E-state index >= 15 is 0 Å². The van der Waals surface area contributed by atoms with Crippen molar-refractivity contribution in [3.05, 3.63) is 60.4 Å². The fourth-order valence-corrected chi connectivity index (χ4v) is 2.47. The number of imide groups is 1. The van der Waals surface area contributed by atoms with Crippen LogP contribution in [0.5, 0.6) is 0 Å². The Hall–Kier alpha value is -3.42. The number of hydrogen-bond acceptors (Lipinski definition) is 5. The van der Waals surface area contributed by atoms with Crippen LogP contribution in [0.25, 0.3) is 5.69 Å². The molecule has 27 heavy (non-hydrogen) atoms. The Morgan fingerprint density at radius 1 is 1.26 bits per heavy atom. The van der Waals surface area contributed by atoms with Crippen molar-refractivity contribution in [3.63, 3.8) is 0 Å². The van der Waals surface area contributed by atoms with Gasteiger partial charge in [-0.3, -0.25) is 10.1 Å². The lowest BCUT2D eigenvalue weighted by Gasteiger charge is -2.08. The van der Waals surface area contributed by atoms with Crippen LogP contribution in [0.2, 0.25) is 0 Å². The Morgan fingerprint density at radius 2 is 2.00 bits per heavy atom. The minimum atomic E-state index is -0.724. The van der Waals surface area contributed by atoms with Gasteiger partial charge in [0.25, 0.3) is 5.91 Å². The largest absolute Gasteiger partial charge is 0.451 e. The molecule has 1 saturated carbocycles. The summed E-state index contributed by atoms with van der Waals surface area (Å²) < 4.78 is 6.58. The maximum atomic E-state index is 12.5. The van der Waals surface area contributed by atoms with Crippen LogP contribution in [0.3, 0.4) is 0 Å². The number of carbonyl (C=O) groups excluding carboxylic acids is 3. The second-order valence-electron chi connectivity index (χ2n) is 6.10. The first-order chi connectivity index (χ1) is 13.1. The van der Waals surface area contributed by atoms with Gasteiger partial charge < -0.3 is 10.1 Å². The maximum absolute atomic E-state index is 12.5.